The van der Waals surface area contributed by atoms with Gasteiger partial charge in [0, 0.05) is 6.54 Å². The van der Waals surface area contributed by atoms with Gasteiger partial charge < -0.3 is 10.4 Å². The molecular weight excluding hydrogens is 230 g/mol. The highest BCUT2D eigenvalue weighted by atomic mass is 16.4. The third kappa shape index (κ3) is 2.70. The summed E-state index contributed by atoms with van der Waals surface area (Å²) in [5.41, 5.74) is 2.31. The first-order chi connectivity index (χ1) is 8.63. The molecule has 1 fully saturated rings. The van der Waals surface area contributed by atoms with Crippen LogP contribution in [0.1, 0.15) is 24.5 Å². The summed E-state index contributed by atoms with van der Waals surface area (Å²) in [6, 6.07) is 7.95. The zero-order chi connectivity index (χ0) is 13.1. The average molecular weight is 247 g/mol. The Balaban J connectivity index is 1.89. The zero-order valence-electron chi connectivity index (χ0n) is 10.3. The molecule has 2 N–H and O–H groups in total. The second-order valence-corrected chi connectivity index (χ2v) is 4.63. The quantitative estimate of drug-likeness (QED) is 0.830. The lowest BCUT2D eigenvalue weighted by Gasteiger charge is -2.08. The van der Waals surface area contributed by atoms with Crippen molar-refractivity contribution in [3.8, 4) is 0 Å². The zero-order valence-corrected chi connectivity index (χ0v) is 10.3. The standard InChI is InChI=1S/C14H17NO3/c1-2-9-5-3-4-6-10(9)8-15-13(16)11-7-12(11)14(17)18/h3-6,11-12H,2,7-8H2,1H3,(H,15,16)(H,17,18)/t11-,12-/m1/s1. The summed E-state index contributed by atoms with van der Waals surface area (Å²) >= 11 is 0. The number of carbonyl (C=O) groups is 2. The summed E-state index contributed by atoms with van der Waals surface area (Å²) in [7, 11) is 0. The Hall–Kier alpha value is -1.84. The van der Waals surface area contributed by atoms with Gasteiger partial charge in [-0.1, -0.05) is 31.2 Å². The van der Waals surface area contributed by atoms with Crippen LogP contribution in [0.25, 0.3) is 0 Å². The lowest BCUT2D eigenvalue weighted by molar-refractivity contribution is -0.140. The largest absolute Gasteiger partial charge is 0.481 e. The van der Waals surface area contributed by atoms with Crippen LogP contribution >= 0.6 is 0 Å². The Kier molecular flexibility index (Phi) is 3.65. The van der Waals surface area contributed by atoms with Crippen LogP contribution in [0, 0.1) is 11.8 Å². The number of hydrogen-bond acceptors (Lipinski definition) is 2. The van der Waals surface area contributed by atoms with Crippen molar-refractivity contribution in [2.24, 2.45) is 11.8 Å². The van der Waals surface area contributed by atoms with Crippen LogP contribution < -0.4 is 5.32 Å². The Morgan fingerprint density at radius 3 is 2.50 bits per heavy atom. The van der Waals surface area contributed by atoms with E-state index in [1.54, 1.807) is 0 Å². The molecule has 0 unspecified atom stereocenters. The molecule has 2 rings (SSSR count). The number of aliphatic carboxylic acids is 1. The number of amides is 1. The number of carboxylic acid groups (broad SMARTS) is 1. The highest BCUT2D eigenvalue weighted by Crippen LogP contribution is 2.38. The van der Waals surface area contributed by atoms with Crippen LogP contribution in [-0.2, 0) is 22.6 Å². The molecule has 96 valence electrons. The molecule has 4 nitrogen and oxygen atoms in total. The Labute approximate surface area is 106 Å². The lowest BCUT2D eigenvalue weighted by Crippen LogP contribution is -2.26. The van der Waals surface area contributed by atoms with E-state index in [2.05, 4.69) is 12.2 Å². The summed E-state index contributed by atoms with van der Waals surface area (Å²) in [6.45, 7) is 2.55. The van der Waals surface area contributed by atoms with Crippen LogP contribution in [0.15, 0.2) is 24.3 Å². The number of rotatable bonds is 5. The lowest BCUT2D eigenvalue weighted by atomic mass is 10.1. The molecule has 1 amide bonds. The van der Waals surface area contributed by atoms with Gasteiger partial charge in [-0.2, -0.15) is 0 Å². The van der Waals surface area contributed by atoms with E-state index in [-0.39, 0.29) is 11.8 Å². The number of carbonyl (C=O) groups excluding carboxylic acids is 1. The fourth-order valence-corrected chi connectivity index (χ4v) is 2.15. The summed E-state index contributed by atoms with van der Waals surface area (Å²) < 4.78 is 0. The molecule has 2 atom stereocenters. The molecular formula is C14H17NO3. The summed E-state index contributed by atoms with van der Waals surface area (Å²) in [5.74, 6) is -1.83. The second-order valence-electron chi connectivity index (χ2n) is 4.63. The van der Waals surface area contributed by atoms with E-state index in [4.69, 9.17) is 5.11 Å². The minimum absolute atomic E-state index is 0.145. The van der Waals surface area contributed by atoms with Gasteiger partial charge in [0.1, 0.15) is 0 Å². The molecule has 0 aromatic heterocycles. The topological polar surface area (TPSA) is 66.4 Å². The van der Waals surface area contributed by atoms with E-state index in [0.717, 1.165) is 12.0 Å². The highest BCUT2D eigenvalue weighted by molar-refractivity contribution is 5.89. The molecule has 0 saturated heterocycles. The molecule has 0 bridgehead atoms. The van der Waals surface area contributed by atoms with Crippen molar-refractivity contribution in [3.63, 3.8) is 0 Å². The third-order valence-electron chi connectivity index (χ3n) is 3.40. The summed E-state index contributed by atoms with van der Waals surface area (Å²) in [5, 5.41) is 11.6. The summed E-state index contributed by atoms with van der Waals surface area (Å²) in [4.78, 5) is 22.4. The molecule has 18 heavy (non-hydrogen) atoms. The van der Waals surface area contributed by atoms with Gasteiger partial charge in [-0.15, -0.1) is 0 Å². The minimum Gasteiger partial charge on any atom is -0.481 e. The van der Waals surface area contributed by atoms with Crippen molar-refractivity contribution in [3.05, 3.63) is 35.4 Å². The SMILES string of the molecule is CCc1ccccc1CNC(=O)[C@@H]1C[C@H]1C(=O)O. The molecule has 1 aromatic rings. The fraction of sp³-hybridized carbons (Fsp3) is 0.429. The van der Waals surface area contributed by atoms with Crippen molar-refractivity contribution in [1.29, 1.82) is 0 Å². The van der Waals surface area contributed by atoms with Gasteiger partial charge in [-0.3, -0.25) is 9.59 Å². The van der Waals surface area contributed by atoms with Crippen molar-refractivity contribution in [2.45, 2.75) is 26.3 Å². The van der Waals surface area contributed by atoms with E-state index in [1.807, 2.05) is 24.3 Å². The maximum atomic E-state index is 11.7. The average Bonchev–Trinajstić information content (AvgIpc) is 3.16. The van der Waals surface area contributed by atoms with Gasteiger partial charge in [0.05, 0.1) is 11.8 Å². The normalized spacial score (nSPS) is 21.4. The maximum absolute atomic E-state index is 11.7. The summed E-state index contributed by atoms with van der Waals surface area (Å²) in [6.07, 6.45) is 1.39. The predicted octanol–water partition coefficient (Wildman–Crippen LogP) is 1.59. The maximum Gasteiger partial charge on any atom is 0.307 e. The molecule has 1 aliphatic rings. The van der Waals surface area contributed by atoms with E-state index < -0.39 is 11.9 Å². The van der Waals surface area contributed by atoms with Crippen molar-refractivity contribution in [2.75, 3.05) is 0 Å². The number of carboxylic acids is 1. The van der Waals surface area contributed by atoms with E-state index in [0.29, 0.717) is 13.0 Å². The van der Waals surface area contributed by atoms with Crippen molar-refractivity contribution in [1.82, 2.24) is 5.32 Å². The van der Waals surface area contributed by atoms with Crippen molar-refractivity contribution >= 4 is 11.9 Å². The van der Waals surface area contributed by atoms with E-state index in [9.17, 15) is 9.59 Å². The number of nitrogens with one attached hydrogen (secondary N) is 1. The Morgan fingerprint density at radius 1 is 1.28 bits per heavy atom. The first-order valence-electron chi connectivity index (χ1n) is 6.20. The molecule has 1 saturated carbocycles. The smallest absolute Gasteiger partial charge is 0.307 e. The van der Waals surface area contributed by atoms with Crippen LogP contribution in [0.5, 0.6) is 0 Å². The number of aryl methyl sites for hydroxylation is 1. The van der Waals surface area contributed by atoms with Gasteiger partial charge in [-0.05, 0) is 24.0 Å². The van der Waals surface area contributed by atoms with Gasteiger partial charge in [0.2, 0.25) is 5.91 Å². The second kappa shape index (κ2) is 5.21. The van der Waals surface area contributed by atoms with Crippen LogP contribution in [0.4, 0.5) is 0 Å². The van der Waals surface area contributed by atoms with Gasteiger partial charge >= 0.3 is 5.97 Å². The van der Waals surface area contributed by atoms with Crippen LogP contribution in [0.2, 0.25) is 0 Å². The van der Waals surface area contributed by atoms with Gasteiger partial charge in [0.15, 0.2) is 0 Å². The first kappa shape index (κ1) is 12.6. The molecule has 0 spiro atoms. The number of hydrogen-bond donors (Lipinski definition) is 2. The molecule has 4 heteroatoms. The first-order valence-corrected chi connectivity index (χ1v) is 6.20. The van der Waals surface area contributed by atoms with Crippen LogP contribution in [0.3, 0.4) is 0 Å². The molecule has 0 radical (unpaired) electrons. The van der Waals surface area contributed by atoms with Gasteiger partial charge in [0.25, 0.3) is 0 Å². The third-order valence-corrected chi connectivity index (χ3v) is 3.40. The molecule has 1 aromatic carbocycles. The van der Waals surface area contributed by atoms with Crippen LogP contribution in [-0.4, -0.2) is 17.0 Å². The predicted molar refractivity (Wildman–Crippen MR) is 66.9 cm³/mol. The molecule has 1 aliphatic carbocycles. The van der Waals surface area contributed by atoms with Crippen molar-refractivity contribution < 1.29 is 14.7 Å². The van der Waals surface area contributed by atoms with Gasteiger partial charge in [-0.25, -0.2) is 0 Å². The monoisotopic (exact) mass is 247 g/mol. The molecule has 0 heterocycles. The fourth-order valence-electron chi connectivity index (χ4n) is 2.15. The minimum atomic E-state index is -0.871. The highest BCUT2D eigenvalue weighted by Gasteiger charge is 2.48. The molecule has 0 aliphatic heterocycles. The Morgan fingerprint density at radius 2 is 1.94 bits per heavy atom. The van der Waals surface area contributed by atoms with E-state index >= 15 is 0 Å². The van der Waals surface area contributed by atoms with E-state index in [1.165, 1.54) is 5.56 Å². The number of benzene rings is 1. The Bertz CT molecular complexity index is 470.